The molecule has 0 unspecified atom stereocenters. The van der Waals surface area contributed by atoms with Gasteiger partial charge < -0.3 is 14.6 Å². The first-order valence-electron chi connectivity index (χ1n) is 5.49. The maximum Gasteiger partial charge on any atom is 1.00 e. The number of fused-ring (bicyclic) bond motifs is 1. The smallest absolute Gasteiger partial charge is 0.550 e. The van der Waals surface area contributed by atoms with Crippen LogP contribution in [0.2, 0.25) is 0 Å². The van der Waals surface area contributed by atoms with Crippen molar-refractivity contribution in [1.82, 2.24) is 0 Å². The van der Waals surface area contributed by atoms with Gasteiger partial charge in [0, 0.05) is 17.1 Å². The van der Waals surface area contributed by atoms with Gasteiger partial charge in [-0.25, -0.2) is 0 Å². The Morgan fingerprint density at radius 1 is 1.28 bits per heavy atom. The molecule has 0 fully saturated rings. The van der Waals surface area contributed by atoms with E-state index >= 15 is 0 Å². The number of ether oxygens (including phenoxy) is 1. The van der Waals surface area contributed by atoms with Gasteiger partial charge >= 0.3 is 29.6 Å². The Morgan fingerprint density at radius 2 is 2.11 bits per heavy atom. The van der Waals surface area contributed by atoms with Crippen molar-refractivity contribution in [3.05, 3.63) is 35.2 Å². The normalized spacial score (nSPS) is 10.2. The van der Waals surface area contributed by atoms with Crippen LogP contribution in [0.25, 0.3) is 10.1 Å². The summed E-state index contributed by atoms with van der Waals surface area (Å²) in [5.74, 6) is -1.07. The topological polar surface area (TPSA) is 49.4 Å². The van der Waals surface area contributed by atoms with Gasteiger partial charge in [-0.05, 0) is 34.9 Å². The van der Waals surface area contributed by atoms with Crippen LogP contribution in [0.15, 0.2) is 29.6 Å². The number of carboxylic acid groups (broad SMARTS) is 1. The van der Waals surface area contributed by atoms with E-state index in [2.05, 4.69) is 29.6 Å². The number of rotatable bonds is 6. The second-order valence-electron chi connectivity index (χ2n) is 3.78. The second kappa shape index (κ2) is 7.92. The van der Waals surface area contributed by atoms with Crippen molar-refractivity contribution in [2.24, 2.45) is 0 Å². The fourth-order valence-corrected chi connectivity index (χ4v) is 2.39. The van der Waals surface area contributed by atoms with Crippen LogP contribution in [0, 0.1) is 0 Å². The summed E-state index contributed by atoms with van der Waals surface area (Å²) in [6.07, 6.45) is 0.766. The summed E-state index contributed by atoms with van der Waals surface area (Å²) in [6.45, 7) is 0.770. The largest absolute Gasteiger partial charge is 1.00 e. The maximum atomic E-state index is 10.2. The average Bonchev–Trinajstić information content (AvgIpc) is 2.75. The molecular weight excluding hydrogens is 259 g/mol. The van der Waals surface area contributed by atoms with E-state index in [0.717, 1.165) is 6.42 Å². The molecule has 2 aromatic rings. The van der Waals surface area contributed by atoms with E-state index in [-0.39, 0.29) is 42.6 Å². The summed E-state index contributed by atoms with van der Waals surface area (Å²) in [5.41, 5.74) is 1.21. The number of carbonyl (C=O) groups is 1. The maximum absolute atomic E-state index is 10.2. The first kappa shape index (κ1) is 15.7. The number of carboxylic acids is 1. The molecule has 3 nitrogen and oxygen atoms in total. The fourth-order valence-electron chi connectivity index (χ4n) is 1.62. The molecule has 90 valence electrons. The first-order chi connectivity index (χ1) is 8.25. The zero-order valence-electron chi connectivity index (χ0n) is 10.3. The number of aliphatic carboxylic acids is 1. The molecule has 2 rings (SSSR count). The molecule has 1 aromatic carbocycles. The first-order valence-corrected chi connectivity index (χ1v) is 6.37. The van der Waals surface area contributed by atoms with E-state index in [1.807, 2.05) is 0 Å². The van der Waals surface area contributed by atoms with Gasteiger partial charge in [0.2, 0.25) is 0 Å². The monoisotopic (exact) mass is 272 g/mol. The standard InChI is InChI=1S/C13H14O3S.Na/c14-13(15)4-7-16-6-3-10-1-2-12-11(9-10)5-8-17-12;/h1-2,5,8-9H,3-4,6-7H2,(H,14,15);/q;+1/p-1. The molecule has 0 aliphatic heterocycles. The number of carbonyl (C=O) groups excluding carboxylic acids is 1. The van der Waals surface area contributed by atoms with Gasteiger partial charge in [-0.2, -0.15) is 0 Å². The fraction of sp³-hybridized carbons (Fsp3) is 0.308. The summed E-state index contributed by atoms with van der Waals surface area (Å²) in [5, 5.41) is 13.5. The molecule has 0 bridgehead atoms. The van der Waals surface area contributed by atoms with E-state index < -0.39 is 5.97 Å². The molecule has 5 heteroatoms. The van der Waals surface area contributed by atoms with Gasteiger partial charge in [0.1, 0.15) is 0 Å². The van der Waals surface area contributed by atoms with E-state index in [4.69, 9.17) is 4.74 Å². The molecule has 0 spiro atoms. The molecule has 1 aromatic heterocycles. The SMILES string of the molecule is O=C([O-])CCOCCc1ccc2sccc2c1.[Na+]. The van der Waals surface area contributed by atoms with Gasteiger partial charge in [-0.15, -0.1) is 11.3 Å². The third kappa shape index (κ3) is 4.71. The number of benzene rings is 1. The summed E-state index contributed by atoms with van der Waals surface area (Å²) < 4.78 is 6.51. The van der Waals surface area contributed by atoms with Gasteiger partial charge in [-0.1, -0.05) is 12.1 Å². The molecular formula is C13H13NaO3S. The van der Waals surface area contributed by atoms with Gasteiger partial charge in [0.15, 0.2) is 0 Å². The van der Waals surface area contributed by atoms with Crippen molar-refractivity contribution in [3.63, 3.8) is 0 Å². The van der Waals surface area contributed by atoms with Gasteiger partial charge in [-0.3, -0.25) is 0 Å². The Kier molecular flexibility index (Phi) is 6.89. The summed E-state index contributed by atoms with van der Waals surface area (Å²) in [7, 11) is 0. The third-order valence-corrected chi connectivity index (χ3v) is 3.40. The Bertz CT molecular complexity index is 510. The van der Waals surface area contributed by atoms with Crippen molar-refractivity contribution in [3.8, 4) is 0 Å². The minimum absolute atomic E-state index is 0. The van der Waals surface area contributed by atoms with Crippen LogP contribution in [0.4, 0.5) is 0 Å². The van der Waals surface area contributed by atoms with E-state index in [1.165, 1.54) is 15.6 Å². The van der Waals surface area contributed by atoms with E-state index in [9.17, 15) is 9.90 Å². The average molecular weight is 272 g/mol. The molecule has 0 saturated carbocycles. The molecule has 0 saturated heterocycles. The summed E-state index contributed by atoms with van der Waals surface area (Å²) in [4.78, 5) is 10.2. The van der Waals surface area contributed by atoms with Crippen LogP contribution in [-0.4, -0.2) is 19.2 Å². The molecule has 1 heterocycles. The summed E-state index contributed by atoms with van der Waals surface area (Å²) >= 11 is 1.73. The van der Waals surface area contributed by atoms with Crippen molar-refractivity contribution < 1.29 is 44.2 Å². The van der Waals surface area contributed by atoms with Gasteiger partial charge in [0.05, 0.1) is 13.2 Å². The minimum atomic E-state index is -1.07. The molecule has 18 heavy (non-hydrogen) atoms. The number of thiophene rings is 1. The molecule has 0 radical (unpaired) electrons. The van der Waals surface area contributed by atoms with Crippen LogP contribution in [-0.2, 0) is 16.0 Å². The van der Waals surface area contributed by atoms with Crippen molar-refractivity contribution in [2.75, 3.05) is 13.2 Å². The van der Waals surface area contributed by atoms with Crippen LogP contribution in [0.3, 0.4) is 0 Å². The second-order valence-corrected chi connectivity index (χ2v) is 4.72. The number of hydrogen-bond donors (Lipinski definition) is 0. The molecule has 0 atom stereocenters. The van der Waals surface area contributed by atoms with E-state index in [0.29, 0.717) is 6.61 Å². The third-order valence-electron chi connectivity index (χ3n) is 2.50. The molecule has 0 N–H and O–H groups in total. The van der Waals surface area contributed by atoms with Crippen LogP contribution >= 0.6 is 11.3 Å². The number of hydrogen-bond acceptors (Lipinski definition) is 4. The Balaban J connectivity index is 0.00000162. The Hall–Kier alpha value is -0.390. The van der Waals surface area contributed by atoms with Crippen LogP contribution in [0.5, 0.6) is 0 Å². The minimum Gasteiger partial charge on any atom is -0.550 e. The van der Waals surface area contributed by atoms with Crippen molar-refractivity contribution >= 4 is 27.4 Å². The predicted octanol–water partition coefficient (Wildman–Crippen LogP) is -1.40. The van der Waals surface area contributed by atoms with Crippen LogP contribution in [0.1, 0.15) is 12.0 Å². The molecule has 0 aliphatic carbocycles. The molecule has 0 amide bonds. The van der Waals surface area contributed by atoms with Gasteiger partial charge in [0.25, 0.3) is 0 Å². The Labute approximate surface area is 132 Å². The summed E-state index contributed by atoms with van der Waals surface area (Å²) in [6, 6.07) is 8.44. The molecule has 0 aliphatic rings. The van der Waals surface area contributed by atoms with Crippen LogP contribution < -0.4 is 34.7 Å². The zero-order valence-corrected chi connectivity index (χ0v) is 13.2. The van der Waals surface area contributed by atoms with E-state index in [1.54, 1.807) is 11.3 Å². The predicted molar refractivity (Wildman–Crippen MR) is 66.0 cm³/mol. The zero-order chi connectivity index (χ0) is 12.1. The quantitative estimate of drug-likeness (QED) is 0.480. The Morgan fingerprint density at radius 3 is 2.89 bits per heavy atom. The van der Waals surface area contributed by atoms with Crippen molar-refractivity contribution in [2.45, 2.75) is 12.8 Å². The van der Waals surface area contributed by atoms with Crippen molar-refractivity contribution in [1.29, 1.82) is 0 Å².